The number of rotatable bonds is 4. The molecule has 1 fully saturated rings. The van der Waals surface area contributed by atoms with Crippen molar-refractivity contribution in [2.45, 2.75) is 19.4 Å². The van der Waals surface area contributed by atoms with Crippen LogP contribution in [0.3, 0.4) is 0 Å². The lowest BCUT2D eigenvalue weighted by Gasteiger charge is -2.29. The van der Waals surface area contributed by atoms with Crippen molar-refractivity contribution in [2.24, 2.45) is 11.7 Å². The van der Waals surface area contributed by atoms with Crippen LogP contribution in [0.25, 0.3) is 11.4 Å². The Morgan fingerprint density at radius 3 is 2.91 bits per heavy atom. The minimum Gasteiger partial charge on any atom is -0.369 e. The number of aromatic nitrogens is 2. The summed E-state index contributed by atoms with van der Waals surface area (Å²) < 4.78 is 5.30. The van der Waals surface area contributed by atoms with Crippen molar-refractivity contribution in [3.63, 3.8) is 0 Å². The van der Waals surface area contributed by atoms with Gasteiger partial charge in [0.15, 0.2) is 0 Å². The second-order valence-corrected chi connectivity index (χ2v) is 5.93. The zero-order chi connectivity index (χ0) is 15.5. The topological polar surface area (TPSA) is 85.3 Å². The molecular formula is C15H17ClN4O2. The lowest BCUT2D eigenvalue weighted by atomic mass is 9.97. The van der Waals surface area contributed by atoms with Gasteiger partial charge in [-0.3, -0.25) is 9.69 Å². The van der Waals surface area contributed by atoms with E-state index in [2.05, 4.69) is 15.0 Å². The summed E-state index contributed by atoms with van der Waals surface area (Å²) in [5, 5.41) is 4.65. The van der Waals surface area contributed by atoms with E-state index >= 15 is 0 Å². The predicted octanol–water partition coefficient (Wildman–Crippen LogP) is 2.09. The average molecular weight is 321 g/mol. The Balaban J connectivity index is 1.66. The first kappa shape index (κ1) is 15.0. The number of carbonyl (C=O) groups excluding carboxylic acids is 1. The van der Waals surface area contributed by atoms with Gasteiger partial charge in [-0.25, -0.2) is 0 Å². The summed E-state index contributed by atoms with van der Waals surface area (Å²) in [6.07, 6.45) is 1.80. The van der Waals surface area contributed by atoms with E-state index in [1.54, 1.807) is 12.1 Å². The normalized spacial score (nSPS) is 19.2. The molecule has 1 aliphatic rings. The van der Waals surface area contributed by atoms with Crippen molar-refractivity contribution in [1.29, 1.82) is 0 Å². The number of piperidine rings is 1. The molecule has 3 rings (SSSR count). The van der Waals surface area contributed by atoms with Crippen LogP contribution in [0.4, 0.5) is 0 Å². The molecule has 0 saturated carbocycles. The first-order valence-electron chi connectivity index (χ1n) is 7.22. The summed E-state index contributed by atoms with van der Waals surface area (Å²) >= 11 is 5.86. The number of nitrogens with two attached hydrogens (primary N) is 1. The molecule has 0 unspecified atom stereocenters. The molecule has 0 aliphatic carbocycles. The van der Waals surface area contributed by atoms with Crippen molar-refractivity contribution >= 4 is 17.5 Å². The van der Waals surface area contributed by atoms with Gasteiger partial charge in [0, 0.05) is 17.1 Å². The highest BCUT2D eigenvalue weighted by Gasteiger charge is 2.25. The van der Waals surface area contributed by atoms with Crippen LogP contribution < -0.4 is 5.73 Å². The first-order valence-corrected chi connectivity index (χ1v) is 7.60. The Kier molecular flexibility index (Phi) is 4.40. The van der Waals surface area contributed by atoms with Crippen LogP contribution in [0.2, 0.25) is 5.02 Å². The molecule has 22 heavy (non-hydrogen) atoms. The van der Waals surface area contributed by atoms with E-state index in [-0.39, 0.29) is 11.8 Å². The van der Waals surface area contributed by atoms with Gasteiger partial charge >= 0.3 is 0 Å². The summed E-state index contributed by atoms with van der Waals surface area (Å²) in [5.41, 5.74) is 6.24. The van der Waals surface area contributed by atoms with Crippen molar-refractivity contribution in [1.82, 2.24) is 15.0 Å². The number of primary amides is 1. The minimum atomic E-state index is -0.239. The number of carbonyl (C=O) groups is 1. The van der Waals surface area contributed by atoms with Gasteiger partial charge in [-0.2, -0.15) is 4.98 Å². The predicted molar refractivity (Wildman–Crippen MR) is 81.9 cm³/mol. The molecular weight excluding hydrogens is 304 g/mol. The zero-order valence-corrected chi connectivity index (χ0v) is 12.8. The van der Waals surface area contributed by atoms with E-state index in [0.29, 0.717) is 29.8 Å². The third kappa shape index (κ3) is 3.45. The van der Waals surface area contributed by atoms with Crippen LogP contribution in [0.5, 0.6) is 0 Å². The molecule has 0 bridgehead atoms. The number of likely N-dealkylation sites (tertiary alicyclic amines) is 1. The minimum absolute atomic E-state index is 0.0904. The smallest absolute Gasteiger partial charge is 0.241 e. The molecule has 116 valence electrons. The maximum absolute atomic E-state index is 11.3. The Hall–Kier alpha value is -1.92. The fourth-order valence-electron chi connectivity index (χ4n) is 2.66. The van der Waals surface area contributed by atoms with Gasteiger partial charge < -0.3 is 10.3 Å². The Morgan fingerprint density at radius 1 is 1.41 bits per heavy atom. The second kappa shape index (κ2) is 6.46. The van der Waals surface area contributed by atoms with E-state index in [1.807, 2.05) is 12.1 Å². The van der Waals surface area contributed by atoms with Gasteiger partial charge in [0.25, 0.3) is 0 Å². The monoisotopic (exact) mass is 320 g/mol. The molecule has 6 nitrogen and oxygen atoms in total. The largest absolute Gasteiger partial charge is 0.369 e. The fourth-order valence-corrected chi connectivity index (χ4v) is 2.78. The molecule has 1 aromatic heterocycles. The second-order valence-electron chi connectivity index (χ2n) is 5.50. The van der Waals surface area contributed by atoms with E-state index in [1.165, 1.54) is 0 Å². The fraction of sp³-hybridized carbons (Fsp3) is 0.400. The Morgan fingerprint density at radius 2 is 2.18 bits per heavy atom. The van der Waals surface area contributed by atoms with Crippen LogP contribution >= 0.6 is 11.6 Å². The lowest BCUT2D eigenvalue weighted by molar-refractivity contribution is -0.123. The third-order valence-electron chi connectivity index (χ3n) is 3.84. The zero-order valence-electron chi connectivity index (χ0n) is 12.0. The van der Waals surface area contributed by atoms with Crippen molar-refractivity contribution < 1.29 is 9.32 Å². The standard InChI is InChI=1S/C15H17ClN4O2/c16-12-5-3-10(4-6-12)15-18-13(22-19-15)9-20-7-1-2-11(8-20)14(17)21/h3-6,11H,1-2,7-9H2,(H2,17,21)/t11-/m1/s1. The van der Waals surface area contributed by atoms with Gasteiger partial charge in [0.1, 0.15) is 0 Å². The molecule has 1 amide bonds. The molecule has 2 heterocycles. The van der Waals surface area contributed by atoms with Gasteiger partial charge in [0.05, 0.1) is 12.5 Å². The van der Waals surface area contributed by atoms with Gasteiger partial charge in [-0.05, 0) is 43.7 Å². The molecule has 1 aromatic carbocycles. The number of nitrogens with zero attached hydrogens (tertiary/aromatic N) is 3. The van der Waals surface area contributed by atoms with Crippen LogP contribution in [0.1, 0.15) is 18.7 Å². The summed E-state index contributed by atoms with van der Waals surface area (Å²) in [6.45, 7) is 2.08. The van der Waals surface area contributed by atoms with E-state index in [4.69, 9.17) is 21.9 Å². The molecule has 1 aliphatic heterocycles. The molecule has 0 radical (unpaired) electrons. The van der Waals surface area contributed by atoms with E-state index in [9.17, 15) is 4.79 Å². The van der Waals surface area contributed by atoms with E-state index < -0.39 is 0 Å². The molecule has 1 atom stereocenters. The Bertz CT molecular complexity index is 656. The van der Waals surface area contributed by atoms with Crippen molar-refractivity contribution in [2.75, 3.05) is 13.1 Å². The molecule has 7 heteroatoms. The number of amides is 1. The highest BCUT2D eigenvalue weighted by atomic mass is 35.5. The molecule has 1 saturated heterocycles. The quantitative estimate of drug-likeness (QED) is 0.932. The van der Waals surface area contributed by atoms with Crippen LogP contribution in [0, 0.1) is 5.92 Å². The third-order valence-corrected chi connectivity index (χ3v) is 4.09. The van der Waals surface area contributed by atoms with Crippen LogP contribution in [-0.4, -0.2) is 34.0 Å². The van der Waals surface area contributed by atoms with E-state index in [0.717, 1.165) is 24.9 Å². The highest BCUT2D eigenvalue weighted by Crippen LogP contribution is 2.21. The summed E-state index contributed by atoms with van der Waals surface area (Å²) in [6, 6.07) is 7.27. The molecule has 2 N–H and O–H groups in total. The number of hydrogen-bond acceptors (Lipinski definition) is 5. The summed E-state index contributed by atoms with van der Waals surface area (Å²) in [4.78, 5) is 17.8. The number of benzene rings is 1. The van der Waals surface area contributed by atoms with Gasteiger partial charge in [0.2, 0.25) is 17.6 Å². The molecule has 0 spiro atoms. The summed E-state index contributed by atoms with van der Waals surface area (Å²) in [5.74, 6) is 0.745. The maximum atomic E-state index is 11.3. The van der Waals surface area contributed by atoms with Gasteiger partial charge in [-0.1, -0.05) is 16.8 Å². The maximum Gasteiger partial charge on any atom is 0.241 e. The Labute approximate surface area is 133 Å². The highest BCUT2D eigenvalue weighted by molar-refractivity contribution is 6.30. The van der Waals surface area contributed by atoms with Crippen molar-refractivity contribution in [3.8, 4) is 11.4 Å². The summed E-state index contributed by atoms with van der Waals surface area (Å²) in [7, 11) is 0. The molecule has 2 aromatic rings. The van der Waals surface area contributed by atoms with Gasteiger partial charge in [-0.15, -0.1) is 0 Å². The first-order chi connectivity index (χ1) is 10.6. The number of hydrogen-bond donors (Lipinski definition) is 1. The average Bonchev–Trinajstić information content (AvgIpc) is 2.96. The van der Waals surface area contributed by atoms with Crippen LogP contribution in [-0.2, 0) is 11.3 Å². The van der Waals surface area contributed by atoms with Crippen molar-refractivity contribution in [3.05, 3.63) is 35.2 Å². The number of halogens is 1. The lowest BCUT2D eigenvalue weighted by Crippen LogP contribution is -2.40. The SMILES string of the molecule is NC(=O)[C@@H]1CCCN(Cc2nc(-c3ccc(Cl)cc3)no2)C1. The van der Waals surface area contributed by atoms with Crippen LogP contribution in [0.15, 0.2) is 28.8 Å².